The fourth-order valence-corrected chi connectivity index (χ4v) is 2.09. The van der Waals surface area contributed by atoms with E-state index in [-0.39, 0.29) is 11.5 Å². The van der Waals surface area contributed by atoms with Crippen LogP contribution < -0.4 is 0 Å². The summed E-state index contributed by atoms with van der Waals surface area (Å²) in [7, 11) is 0. The third kappa shape index (κ3) is 2.55. The van der Waals surface area contributed by atoms with Crippen LogP contribution in [0.15, 0.2) is 23.2 Å². The summed E-state index contributed by atoms with van der Waals surface area (Å²) in [5, 5.41) is 9.40. The number of hydrogen-bond donors (Lipinski definition) is 0. The third-order valence-corrected chi connectivity index (χ3v) is 3.40. The van der Waals surface area contributed by atoms with Gasteiger partial charge in [-0.3, -0.25) is 0 Å². The van der Waals surface area contributed by atoms with Crippen molar-refractivity contribution in [2.24, 2.45) is 4.99 Å². The molecule has 2 rings (SSSR count). The van der Waals surface area contributed by atoms with Gasteiger partial charge in [0.25, 0.3) is 0 Å². The Bertz CT molecular complexity index is 569. The molecular formula is C13H13ClFN3O. The Kier molecular flexibility index (Phi) is 3.74. The second kappa shape index (κ2) is 5.16. The zero-order valence-electron chi connectivity index (χ0n) is 10.7. The van der Waals surface area contributed by atoms with Crippen LogP contribution in [0.2, 0.25) is 0 Å². The molecule has 0 aromatic heterocycles. The second-order valence-electron chi connectivity index (χ2n) is 4.12. The van der Waals surface area contributed by atoms with Gasteiger partial charge in [-0.25, -0.2) is 9.38 Å². The van der Waals surface area contributed by atoms with E-state index in [1.807, 2.05) is 19.9 Å². The maximum atomic E-state index is 13.4. The highest BCUT2D eigenvalue weighted by Gasteiger charge is 2.40. The normalized spacial score (nSPS) is 22.8. The van der Waals surface area contributed by atoms with Crippen molar-refractivity contribution >= 4 is 17.5 Å². The molecule has 0 spiro atoms. The van der Waals surface area contributed by atoms with Crippen LogP contribution in [0, 0.1) is 17.1 Å². The summed E-state index contributed by atoms with van der Waals surface area (Å²) < 4.78 is 13.4. The van der Waals surface area contributed by atoms with Crippen molar-refractivity contribution in [1.82, 2.24) is 5.06 Å². The second-order valence-corrected chi connectivity index (χ2v) is 4.72. The molecule has 0 saturated heterocycles. The third-order valence-electron chi connectivity index (χ3n) is 2.86. The Morgan fingerprint density at radius 1 is 1.47 bits per heavy atom. The Morgan fingerprint density at radius 3 is 2.74 bits per heavy atom. The lowest BCUT2D eigenvalue weighted by Gasteiger charge is -2.25. The molecule has 1 aromatic rings. The highest BCUT2D eigenvalue weighted by Crippen LogP contribution is 2.33. The molecule has 19 heavy (non-hydrogen) atoms. The van der Waals surface area contributed by atoms with Crippen molar-refractivity contribution in [3.05, 3.63) is 35.1 Å². The molecule has 0 N–H and O–H groups in total. The molecule has 1 unspecified atom stereocenters. The molecular weight excluding hydrogens is 269 g/mol. The first-order valence-electron chi connectivity index (χ1n) is 5.98. The van der Waals surface area contributed by atoms with Gasteiger partial charge in [-0.05, 0) is 25.1 Å². The van der Waals surface area contributed by atoms with Crippen LogP contribution >= 0.6 is 11.6 Å². The smallest absolute Gasteiger partial charge is 0.244 e. The first-order chi connectivity index (χ1) is 9.02. The van der Waals surface area contributed by atoms with Gasteiger partial charge < -0.3 is 4.84 Å². The number of benzene rings is 1. The number of hydroxylamine groups is 2. The molecule has 0 bridgehead atoms. The summed E-state index contributed by atoms with van der Waals surface area (Å²) in [6.07, 6.45) is 0.548. The van der Waals surface area contributed by atoms with E-state index in [0.29, 0.717) is 18.5 Å². The van der Waals surface area contributed by atoms with E-state index >= 15 is 0 Å². The minimum Gasteiger partial charge on any atom is -0.382 e. The number of rotatable bonds is 3. The molecule has 4 nitrogen and oxygen atoms in total. The lowest BCUT2D eigenvalue weighted by molar-refractivity contribution is -0.0948. The molecule has 1 aromatic carbocycles. The van der Waals surface area contributed by atoms with Crippen molar-refractivity contribution in [2.75, 3.05) is 6.54 Å². The maximum Gasteiger partial charge on any atom is 0.244 e. The van der Waals surface area contributed by atoms with Gasteiger partial charge >= 0.3 is 0 Å². The fraction of sp³-hybridized carbons (Fsp3) is 0.385. The van der Waals surface area contributed by atoms with Crippen molar-refractivity contribution < 1.29 is 9.23 Å². The minimum atomic E-state index is -0.969. The standard InChI is InChI=1S/C13H13ClFN3O/c1-3-13(14)17-12(19-18(13)4-2)10-5-9(8-16)6-11(15)7-10/h5-7H,3-4H2,1-2H3. The minimum absolute atomic E-state index is 0.216. The molecule has 100 valence electrons. The van der Waals surface area contributed by atoms with Crippen molar-refractivity contribution in [2.45, 2.75) is 25.4 Å². The average Bonchev–Trinajstić information content (AvgIpc) is 2.76. The summed E-state index contributed by atoms with van der Waals surface area (Å²) in [4.78, 5) is 9.82. The van der Waals surface area contributed by atoms with E-state index in [9.17, 15) is 4.39 Å². The summed E-state index contributed by atoms with van der Waals surface area (Å²) in [6, 6.07) is 5.84. The number of halogens is 2. The van der Waals surface area contributed by atoms with Crippen LogP contribution in [0.1, 0.15) is 31.4 Å². The topological polar surface area (TPSA) is 48.6 Å². The van der Waals surface area contributed by atoms with Crippen molar-refractivity contribution in [3.63, 3.8) is 0 Å². The van der Waals surface area contributed by atoms with Gasteiger partial charge in [0, 0.05) is 18.5 Å². The number of nitriles is 1. The molecule has 0 saturated carbocycles. The summed E-state index contributed by atoms with van der Waals surface area (Å²) in [6.45, 7) is 4.32. The largest absolute Gasteiger partial charge is 0.382 e. The summed E-state index contributed by atoms with van der Waals surface area (Å²) in [5.41, 5.74) is 0.624. The molecule has 1 atom stereocenters. The highest BCUT2D eigenvalue weighted by molar-refractivity contribution is 6.24. The van der Waals surface area contributed by atoms with Gasteiger partial charge in [-0.2, -0.15) is 5.26 Å². The molecule has 0 aliphatic carbocycles. The first kappa shape index (κ1) is 13.8. The Labute approximate surface area is 116 Å². The van der Waals surface area contributed by atoms with Gasteiger partial charge in [0.05, 0.1) is 11.6 Å². The van der Waals surface area contributed by atoms with Crippen molar-refractivity contribution in [1.29, 1.82) is 5.26 Å². The molecule has 1 aliphatic heterocycles. The molecule has 1 heterocycles. The monoisotopic (exact) mass is 281 g/mol. The predicted octanol–water partition coefficient (Wildman–Crippen LogP) is 3.01. The molecule has 1 aliphatic rings. The van der Waals surface area contributed by atoms with Crippen LogP contribution in [-0.4, -0.2) is 22.6 Å². The van der Waals surface area contributed by atoms with E-state index in [1.54, 1.807) is 0 Å². The Morgan fingerprint density at radius 2 is 2.21 bits per heavy atom. The quantitative estimate of drug-likeness (QED) is 0.632. The Balaban J connectivity index is 2.41. The van der Waals surface area contributed by atoms with Crippen LogP contribution in [0.25, 0.3) is 0 Å². The number of alkyl halides is 1. The predicted molar refractivity (Wildman–Crippen MR) is 70.0 cm³/mol. The van der Waals surface area contributed by atoms with Crippen LogP contribution in [-0.2, 0) is 4.84 Å². The number of hydrogen-bond acceptors (Lipinski definition) is 4. The van der Waals surface area contributed by atoms with Gasteiger partial charge in [-0.1, -0.05) is 23.6 Å². The lowest BCUT2D eigenvalue weighted by atomic mass is 10.1. The number of aliphatic imine (C=N–C) groups is 1. The van der Waals surface area contributed by atoms with Crippen LogP contribution in [0.3, 0.4) is 0 Å². The van der Waals surface area contributed by atoms with Crippen LogP contribution in [0.5, 0.6) is 0 Å². The van der Waals surface area contributed by atoms with Gasteiger partial charge in [-0.15, -0.1) is 0 Å². The van der Waals surface area contributed by atoms with E-state index in [1.165, 1.54) is 17.2 Å². The lowest BCUT2D eigenvalue weighted by Crippen LogP contribution is -2.37. The Hall–Kier alpha value is -1.64. The van der Waals surface area contributed by atoms with E-state index in [4.69, 9.17) is 21.7 Å². The maximum absolute atomic E-state index is 13.4. The summed E-state index contributed by atoms with van der Waals surface area (Å²) >= 11 is 6.33. The zero-order valence-corrected chi connectivity index (χ0v) is 11.4. The van der Waals surface area contributed by atoms with E-state index in [0.717, 1.165) is 6.07 Å². The SMILES string of the molecule is CCN1OC(c2cc(F)cc(C#N)c2)=NC1(Cl)CC. The van der Waals surface area contributed by atoms with Gasteiger partial charge in [0.1, 0.15) is 5.82 Å². The highest BCUT2D eigenvalue weighted by atomic mass is 35.5. The van der Waals surface area contributed by atoms with Crippen LogP contribution in [0.4, 0.5) is 4.39 Å². The molecule has 0 amide bonds. The molecule has 0 fully saturated rings. The average molecular weight is 282 g/mol. The number of nitrogens with zero attached hydrogens (tertiary/aromatic N) is 3. The fourth-order valence-electron chi connectivity index (χ4n) is 1.86. The zero-order chi connectivity index (χ0) is 14.0. The summed E-state index contributed by atoms with van der Waals surface area (Å²) in [5.74, 6) is -0.276. The van der Waals surface area contributed by atoms with Crippen molar-refractivity contribution in [3.8, 4) is 6.07 Å². The van der Waals surface area contributed by atoms with E-state index < -0.39 is 10.9 Å². The van der Waals surface area contributed by atoms with Gasteiger partial charge in [0.2, 0.25) is 11.0 Å². The van der Waals surface area contributed by atoms with E-state index in [2.05, 4.69) is 4.99 Å². The van der Waals surface area contributed by atoms with Gasteiger partial charge in [0.15, 0.2) is 0 Å². The molecule has 6 heteroatoms. The molecule has 0 radical (unpaired) electrons. The first-order valence-corrected chi connectivity index (χ1v) is 6.35.